The summed E-state index contributed by atoms with van der Waals surface area (Å²) < 4.78 is 5.02. The number of thiocarbonyl (C=S) groups is 1. The van der Waals surface area contributed by atoms with E-state index in [2.05, 4.69) is 0 Å². The standard InChI is InChI=1S/C15H22N2O2S/c1-5-19-14(18)9-17(10(2)3)13-7-6-11(4)8-12(13)15(16)20/h6-8,10H,5,9H2,1-4H3,(H2,16,20). The van der Waals surface area contributed by atoms with Crippen molar-refractivity contribution < 1.29 is 9.53 Å². The molecule has 0 spiro atoms. The van der Waals surface area contributed by atoms with Crippen molar-refractivity contribution >= 4 is 28.9 Å². The van der Waals surface area contributed by atoms with Gasteiger partial charge in [-0.2, -0.15) is 0 Å². The molecule has 0 aliphatic heterocycles. The van der Waals surface area contributed by atoms with E-state index in [4.69, 9.17) is 22.7 Å². The third-order valence-corrected chi connectivity index (χ3v) is 3.17. The molecule has 0 atom stereocenters. The van der Waals surface area contributed by atoms with E-state index >= 15 is 0 Å². The molecule has 0 unspecified atom stereocenters. The largest absolute Gasteiger partial charge is 0.465 e. The average Bonchev–Trinajstić information content (AvgIpc) is 2.36. The summed E-state index contributed by atoms with van der Waals surface area (Å²) in [5, 5.41) is 0. The van der Waals surface area contributed by atoms with Gasteiger partial charge in [-0.15, -0.1) is 0 Å². The summed E-state index contributed by atoms with van der Waals surface area (Å²) in [6.45, 7) is 8.37. The van der Waals surface area contributed by atoms with Crippen molar-refractivity contribution in [1.29, 1.82) is 0 Å². The highest BCUT2D eigenvalue weighted by Crippen LogP contribution is 2.24. The summed E-state index contributed by atoms with van der Waals surface area (Å²) in [5.41, 5.74) is 8.54. The summed E-state index contributed by atoms with van der Waals surface area (Å²) in [6.07, 6.45) is 0. The molecule has 0 saturated heterocycles. The number of ether oxygens (including phenoxy) is 1. The van der Waals surface area contributed by atoms with Crippen LogP contribution in [0, 0.1) is 6.92 Å². The fourth-order valence-electron chi connectivity index (χ4n) is 1.99. The number of hydrogen-bond donors (Lipinski definition) is 1. The van der Waals surface area contributed by atoms with Crippen molar-refractivity contribution in [3.63, 3.8) is 0 Å². The van der Waals surface area contributed by atoms with Gasteiger partial charge in [0.25, 0.3) is 0 Å². The molecule has 0 aliphatic carbocycles. The van der Waals surface area contributed by atoms with Crippen LogP contribution in [-0.4, -0.2) is 30.2 Å². The number of carbonyl (C=O) groups excluding carboxylic acids is 1. The van der Waals surface area contributed by atoms with Crippen molar-refractivity contribution in [2.75, 3.05) is 18.1 Å². The number of carbonyl (C=O) groups is 1. The number of esters is 1. The molecular weight excluding hydrogens is 272 g/mol. The molecule has 0 amide bonds. The van der Waals surface area contributed by atoms with Gasteiger partial charge in [-0.05, 0) is 39.8 Å². The summed E-state index contributed by atoms with van der Waals surface area (Å²) in [7, 11) is 0. The van der Waals surface area contributed by atoms with Gasteiger partial charge in [-0.1, -0.05) is 23.8 Å². The number of benzene rings is 1. The Kier molecular flexibility index (Phi) is 5.95. The fourth-order valence-corrected chi connectivity index (χ4v) is 2.15. The van der Waals surface area contributed by atoms with Crippen LogP contribution >= 0.6 is 12.2 Å². The van der Waals surface area contributed by atoms with Crippen LogP contribution in [0.3, 0.4) is 0 Å². The second kappa shape index (κ2) is 7.24. The molecular formula is C15H22N2O2S. The van der Waals surface area contributed by atoms with Crippen LogP contribution in [0.15, 0.2) is 18.2 Å². The Morgan fingerprint density at radius 1 is 1.45 bits per heavy atom. The first-order chi connectivity index (χ1) is 9.36. The van der Waals surface area contributed by atoms with Gasteiger partial charge in [0.2, 0.25) is 0 Å². The van der Waals surface area contributed by atoms with E-state index in [1.165, 1.54) is 0 Å². The lowest BCUT2D eigenvalue weighted by atomic mass is 10.1. The third kappa shape index (κ3) is 4.20. The zero-order valence-electron chi connectivity index (χ0n) is 12.5. The van der Waals surface area contributed by atoms with Crippen molar-refractivity contribution in [2.45, 2.75) is 33.7 Å². The molecule has 4 nitrogen and oxygen atoms in total. The summed E-state index contributed by atoms with van der Waals surface area (Å²) in [6, 6.07) is 6.01. The molecule has 0 aromatic heterocycles. The zero-order valence-corrected chi connectivity index (χ0v) is 13.3. The average molecular weight is 294 g/mol. The highest BCUT2D eigenvalue weighted by Gasteiger charge is 2.19. The van der Waals surface area contributed by atoms with E-state index in [-0.39, 0.29) is 18.6 Å². The maximum atomic E-state index is 11.8. The molecule has 1 aromatic carbocycles. The van der Waals surface area contributed by atoms with Crippen LogP contribution < -0.4 is 10.6 Å². The van der Waals surface area contributed by atoms with Gasteiger partial charge < -0.3 is 15.4 Å². The van der Waals surface area contributed by atoms with Crippen LogP contribution in [0.25, 0.3) is 0 Å². The third-order valence-electron chi connectivity index (χ3n) is 2.96. The van der Waals surface area contributed by atoms with Crippen molar-refractivity contribution in [2.24, 2.45) is 5.73 Å². The highest BCUT2D eigenvalue weighted by molar-refractivity contribution is 7.80. The lowest BCUT2D eigenvalue weighted by molar-refractivity contribution is -0.141. The molecule has 0 heterocycles. The predicted octanol–water partition coefficient (Wildman–Crippen LogP) is 2.41. The van der Waals surface area contributed by atoms with Gasteiger partial charge in [-0.25, -0.2) is 0 Å². The Morgan fingerprint density at radius 3 is 2.60 bits per heavy atom. The summed E-state index contributed by atoms with van der Waals surface area (Å²) in [4.78, 5) is 14.0. The molecule has 0 radical (unpaired) electrons. The Balaban J connectivity index is 3.15. The van der Waals surface area contributed by atoms with Crippen LogP contribution in [0.4, 0.5) is 5.69 Å². The number of nitrogens with two attached hydrogens (primary N) is 1. The van der Waals surface area contributed by atoms with Gasteiger partial charge in [-0.3, -0.25) is 4.79 Å². The maximum Gasteiger partial charge on any atom is 0.325 e. The SMILES string of the molecule is CCOC(=O)CN(c1ccc(C)cc1C(N)=S)C(C)C. The summed E-state index contributed by atoms with van der Waals surface area (Å²) >= 11 is 5.11. The van der Waals surface area contributed by atoms with E-state index in [1.807, 2.05) is 43.9 Å². The fraction of sp³-hybridized carbons (Fsp3) is 0.467. The van der Waals surface area contributed by atoms with Crippen LogP contribution in [0.1, 0.15) is 31.9 Å². The van der Waals surface area contributed by atoms with Crippen LogP contribution in [-0.2, 0) is 9.53 Å². The number of aryl methyl sites for hydroxylation is 1. The van der Waals surface area contributed by atoms with E-state index in [0.29, 0.717) is 11.6 Å². The van der Waals surface area contributed by atoms with Gasteiger partial charge >= 0.3 is 5.97 Å². The second-order valence-electron chi connectivity index (χ2n) is 4.91. The lowest BCUT2D eigenvalue weighted by Gasteiger charge is -2.30. The highest BCUT2D eigenvalue weighted by atomic mass is 32.1. The molecule has 0 saturated carbocycles. The minimum absolute atomic E-state index is 0.134. The van der Waals surface area contributed by atoms with E-state index in [9.17, 15) is 4.79 Å². The first kappa shape index (κ1) is 16.4. The Morgan fingerprint density at radius 2 is 2.10 bits per heavy atom. The normalized spacial score (nSPS) is 10.4. The Labute approximate surface area is 125 Å². The molecule has 110 valence electrons. The maximum absolute atomic E-state index is 11.8. The van der Waals surface area contributed by atoms with Gasteiger partial charge in [0, 0.05) is 17.3 Å². The molecule has 0 aliphatic rings. The predicted molar refractivity (Wildman–Crippen MR) is 86.2 cm³/mol. The topological polar surface area (TPSA) is 55.6 Å². The number of rotatable bonds is 6. The second-order valence-corrected chi connectivity index (χ2v) is 5.35. The molecule has 1 aromatic rings. The molecule has 0 bridgehead atoms. The first-order valence-electron chi connectivity index (χ1n) is 6.69. The molecule has 20 heavy (non-hydrogen) atoms. The molecule has 1 rings (SSSR count). The lowest BCUT2D eigenvalue weighted by Crippen LogP contribution is -2.38. The number of anilines is 1. The smallest absolute Gasteiger partial charge is 0.325 e. The number of hydrogen-bond acceptors (Lipinski definition) is 4. The molecule has 5 heteroatoms. The Bertz CT molecular complexity index is 501. The molecule has 0 fully saturated rings. The zero-order chi connectivity index (χ0) is 15.3. The van der Waals surface area contributed by atoms with E-state index < -0.39 is 0 Å². The first-order valence-corrected chi connectivity index (χ1v) is 7.10. The van der Waals surface area contributed by atoms with Crippen LogP contribution in [0.5, 0.6) is 0 Å². The van der Waals surface area contributed by atoms with Gasteiger partial charge in [0.05, 0.1) is 6.61 Å². The van der Waals surface area contributed by atoms with Crippen molar-refractivity contribution in [3.05, 3.63) is 29.3 Å². The number of nitrogens with zero attached hydrogens (tertiary/aromatic N) is 1. The minimum Gasteiger partial charge on any atom is -0.465 e. The monoisotopic (exact) mass is 294 g/mol. The quantitative estimate of drug-likeness (QED) is 0.645. The van der Waals surface area contributed by atoms with E-state index in [1.54, 1.807) is 6.92 Å². The van der Waals surface area contributed by atoms with Gasteiger partial charge in [0.15, 0.2) is 0 Å². The van der Waals surface area contributed by atoms with Crippen LogP contribution in [0.2, 0.25) is 0 Å². The van der Waals surface area contributed by atoms with Crippen molar-refractivity contribution in [3.8, 4) is 0 Å². The summed E-state index contributed by atoms with van der Waals surface area (Å²) in [5.74, 6) is -0.254. The van der Waals surface area contributed by atoms with E-state index in [0.717, 1.165) is 16.8 Å². The molecule has 2 N–H and O–H groups in total. The van der Waals surface area contributed by atoms with Crippen molar-refractivity contribution in [1.82, 2.24) is 0 Å². The minimum atomic E-state index is -0.254. The Hall–Kier alpha value is -1.62. The van der Waals surface area contributed by atoms with Gasteiger partial charge in [0.1, 0.15) is 11.5 Å².